The molecule has 0 saturated carbocycles. The third kappa shape index (κ3) is 4.47. The molecule has 1 fully saturated rings. The number of fused-ring (bicyclic) bond motifs is 1. The number of hydrogen-bond donors (Lipinski definition) is 0. The van der Waals surface area contributed by atoms with E-state index in [1.165, 1.54) is 44.3 Å². The Morgan fingerprint density at radius 2 is 1.71 bits per heavy atom. The highest BCUT2D eigenvalue weighted by Gasteiger charge is 2.15. The van der Waals surface area contributed by atoms with E-state index < -0.39 is 0 Å². The van der Waals surface area contributed by atoms with Gasteiger partial charge in [-0.25, -0.2) is 4.98 Å². The van der Waals surface area contributed by atoms with Gasteiger partial charge in [0, 0.05) is 6.07 Å². The normalized spacial score (nSPS) is 15.5. The maximum atomic E-state index is 5.99. The number of methoxy groups -OCH3 is 1. The molecule has 0 spiro atoms. The highest BCUT2D eigenvalue weighted by molar-refractivity contribution is 5.75. The summed E-state index contributed by atoms with van der Waals surface area (Å²) in [5.74, 6) is 2.78. The maximum Gasteiger partial charge on any atom is 0.124 e. The molecule has 0 N–H and O–H groups in total. The van der Waals surface area contributed by atoms with Crippen molar-refractivity contribution in [2.75, 3.05) is 26.8 Å². The summed E-state index contributed by atoms with van der Waals surface area (Å²) in [5, 5.41) is 0. The van der Waals surface area contributed by atoms with Gasteiger partial charge in [0.25, 0.3) is 0 Å². The Kier molecular flexibility index (Phi) is 6.12. The molecule has 3 aromatic rings. The van der Waals surface area contributed by atoms with E-state index in [9.17, 15) is 0 Å². The van der Waals surface area contributed by atoms with Crippen LogP contribution >= 0.6 is 0 Å². The van der Waals surface area contributed by atoms with Gasteiger partial charge in [-0.05, 0) is 50.2 Å². The van der Waals surface area contributed by atoms with Crippen molar-refractivity contribution in [2.24, 2.45) is 0 Å². The average Bonchev–Trinajstić information content (AvgIpc) is 2.89. The first-order valence-corrected chi connectivity index (χ1v) is 10.3. The van der Waals surface area contributed by atoms with Crippen LogP contribution in [0, 0.1) is 0 Å². The van der Waals surface area contributed by atoms with E-state index in [4.69, 9.17) is 14.5 Å². The Balaban J connectivity index is 1.49. The first-order valence-electron chi connectivity index (χ1n) is 10.3. The molecular formula is C23H29N3O2. The minimum atomic E-state index is 0.598. The van der Waals surface area contributed by atoms with E-state index in [0.29, 0.717) is 6.61 Å². The zero-order valence-corrected chi connectivity index (χ0v) is 16.6. The van der Waals surface area contributed by atoms with Crippen molar-refractivity contribution in [3.63, 3.8) is 0 Å². The minimum absolute atomic E-state index is 0.598. The zero-order chi connectivity index (χ0) is 19.2. The van der Waals surface area contributed by atoms with Crippen molar-refractivity contribution in [3.8, 4) is 11.5 Å². The van der Waals surface area contributed by atoms with Gasteiger partial charge in [0.05, 0.1) is 31.2 Å². The molecule has 4 rings (SSSR count). The lowest BCUT2D eigenvalue weighted by Crippen LogP contribution is -2.26. The minimum Gasteiger partial charge on any atom is -0.497 e. The lowest BCUT2D eigenvalue weighted by molar-refractivity contribution is 0.258. The number of hydrogen-bond acceptors (Lipinski definition) is 4. The summed E-state index contributed by atoms with van der Waals surface area (Å²) in [7, 11) is 1.67. The highest BCUT2D eigenvalue weighted by atomic mass is 16.5. The molecule has 1 aromatic heterocycles. The fourth-order valence-electron chi connectivity index (χ4n) is 3.94. The first kappa shape index (κ1) is 18.8. The van der Waals surface area contributed by atoms with Crippen molar-refractivity contribution in [3.05, 3.63) is 54.4 Å². The number of benzene rings is 2. The third-order valence-corrected chi connectivity index (χ3v) is 5.42. The molecule has 5 nitrogen and oxygen atoms in total. The standard InChI is InChI=1S/C23H29N3O2/c1-27-19-9-8-10-20(17-19)28-16-15-26-22-12-5-4-11-21(22)24-23(26)18-25-13-6-2-3-7-14-25/h4-5,8-12,17H,2-3,6-7,13-16,18H2,1H3. The second-order valence-electron chi connectivity index (χ2n) is 7.39. The van der Waals surface area contributed by atoms with Gasteiger partial charge in [0.15, 0.2) is 0 Å². The smallest absolute Gasteiger partial charge is 0.124 e. The molecule has 0 amide bonds. The number of likely N-dealkylation sites (tertiary alicyclic amines) is 1. The van der Waals surface area contributed by atoms with E-state index in [1.54, 1.807) is 7.11 Å². The number of imidazole rings is 1. The summed E-state index contributed by atoms with van der Waals surface area (Å²) in [5.41, 5.74) is 2.25. The molecule has 148 valence electrons. The number of rotatable bonds is 7. The number of nitrogens with zero attached hydrogens (tertiary/aromatic N) is 3. The van der Waals surface area contributed by atoms with Crippen LogP contribution in [0.2, 0.25) is 0 Å². The number of para-hydroxylation sites is 2. The molecule has 1 saturated heterocycles. The van der Waals surface area contributed by atoms with Crippen LogP contribution in [0.1, 0.15) is 31.5 Å². The lowest BCUT2D eigenvalue weighted by atomic mass is 10.2. The van der Waals surface area contributed by atoms with Crippen LogP contribution in [0.5, 0.6) is 11.5 Å². The summed E-state index contributed by atoms with van der Waals surface area (Å²) >= 11 is 0. The van der Waals surface area contributed by atoms with Gasteiger partial charge in [0.1, 0.15) is 23.9 Å². The number of aromatic nitrogens is 2. The molecule has 0 atom stereocenters. The van der Waals surface area contributed by atoms with Crippen LogP contribution in [0.25, 0.3) is 11.0 Å². The SMILES string of the molecule is COc1cccc(OCCn2c(CN3CCCCCC3)nc3ccccc32)c1. The predicted octanol–water partition coefficient (Wildman–Crippen LogP) is 4.50. The van der Waals surface area contributed by atoms with Crippen molar-refractivity contribution in [1.29, 1.82) is 0 Å². The molecule has 0 bridgehead atoms. The summed E-state index contributed by atoms with van der Waals surface area (Å²) in [6, 6.07) is 16.2. The second kappa shape index (κ2) is 9.11. The van der Waals surface area contributed by atoms with Gasteiger partial charge in [-0.1, -0.05) is 31.0 Å². The Labute approximate surface area is 166 Å². The summed E-state index contributed by atoms with van der Waals surface area (Å²) in [6.45, 7) is 4.63. The van der Waals surface area contributed by atoms with Crippen molar-refractivity contribution >= 4 is 11.0 Å². The molecule has 0 radical (unpaired) electrons. The lowest BCUT2D eigenvalue weighted by Gasteiger charge is -2.20. The van der Waals surface area contributed by atoms with Crippen LogP contribution in [0.3, 0.4) is 0 Å². The fourth-order valence-corrected chi connectivity index (χ4v) is 3.94. The van der Waals surface area contributed by atoms with Crippen molar-refractivity contribution in [2.45, 2.75) is 38.8 Å². The summed E-state index contributed by atoms with van der Waals surface area (Å²) < 4.78 is 13.6. The highest BCUT2D eigenvalue weighted by Crippen LogP contribution is 2.21. The monoisotopic (exact) mass is 379 g/mol. The Bertz CT molecular complexity index is 898. The van der Waals surface area contributed by atoms with Crippen LogP contribution < -0.4 is 9.47 Å². The van der Waals surface area contributed by atoms with Gasteiger partial charge in [0.2, 0.25) is 0 Å². The molecule has 28 heavy (non-hydrogen) atoms. The van der Waals surface area contributed by atoms with E-state index in [0.717, 1.165) is 35.9 Å². The van der Waals surface area contributed by atoms with Gasteiger partial charge in [-0.2, -0.15) is 0 Å². The van der Waals surface area contributed by atoms with E-state index in [1.807, 2.05) is 24.3 Å². The summed E-state index contributed by atoms with van der Waals surface area (Å²) in [4.78, 5) is 7.49. The fraction of sp³-hybridized carbons (Fsp3) is 0.435. The first-order chi connectivity index (χ1) is 13.8. The average molecular weight is 380 g/mol. The molecule has 2 aromatic carbocycles. The van der Waals surface area contributed by atoms with Gasteiger partial charge >= 0.3 is 0 Å². The largest absolute Gasteiger partial charge is 0.497 e. The second-order valence-corrected chi connectivity index (χ2v) is 7.39. The van der Waals surface area contributed by atoms with Crippen molar-refractivity contribution in [1.82, 2.24) is 14.5 Å². The Morgan fingerprint density at radius 3 is 2.54 bits per heavy atom. The van der Waals surface area contributed by atoms with Gasteiger partial charge < -0.3 is 14.0 Å². The van der Waals surface area contributed by atoms with Gasteiger partial charge in [-0.15, -0.1) is 0 Å². The van der Waals surface area contributed by atoms with E-state index >= 15 is 0 Å². The molecule has 0 aliphatic carbocycles. The summed E-state index contributed by atoms with van der Waals surface area (Å²) in [6.07, 6.45) is 5.28. The van der Waals surface area contributed by atoms with Crippen molar-refractivity contribution < 1.29 is 9.47 Å². The van der Waals surface area contributed by atoms with Crippen LogP contribution in [-0.2, 0) is 13.1 Å². The van der Waals surface area contributed by atoms with Crippen LogP contribution in [0.15, 0.2) is 48.5 Å². The molecular weight excluding hydrogens is 350 g/mol. The third-order valence-electron chi connectivity index (χ3n) is 5.42. The molecule has 2 heterocycles. The maximum absolute atomic E-state index is 5.99. The molecule has 0 unspecified atom stereocenters. The zero-order valence-electron chi connectivity index (χ0n) is 16.6. The molecule has 5 heteroatoms. The van der Waals surface area contributed by atoms with Crippen LogP contribution in [0.4, 0.5) is 0 Å². The predicted molar refractivity (Wildman–Crippen MR) is 112 cm³/mol. The molecule has 1 aliphatic heterocycles. The van der Waals surface area contributed by atoms with E-state index in [-0.39, 0.29) is 0 Å². The Hall–Kier alpha value is -2.53. The van der Waals surface area contributed by atoms with Crippen LogP contribution in [-0.4, -0.2) is 41.3 Å². The Morgan fingerprint density at radius 1 is 0.929 bits per heavy atom. The quantitative estimate of drug-likeness (QED) is 0.606. The van der Waals surface area contributed by atoms with Gasteiger partial charge in [-0.3, -0.25) is 4.90 Å². The number of ether oxygens (including phenoxy) is 2. The molecule has 1 aliphatic rings. The van der Waals surface area contributed by atoms with E-state index in [2.05, 4.69) is 33.7 Å². The topological polar surface area (TPSA) is 39.5 Å².